The molecule has 0 bridgehead atoms. The Labute approximate surface area is 99.3 Å². The number of rotatable bonds is 4. The third kappa shape index (κ3) is 2.62. The Kier molecular flexibility index (Phi) is 3.10. The van der Waals surface area contributed by atoms with Crippen molar-refractivity contribution in [2.45, 2.75) is 6.54 Å². The third-order valence-electron chi connectivity index (χ3n) is 2.58. The number of hydrogen-bond acceptors (Lipinski definition) is 3. The molecule has 0 saturated heterocycles. The summed E-state index contributed by atoms with van der Waals surface area (Å²) in [5.41, 5.74) is 0.999. The molecule has 1 N–H and O–H groups in total. The second-order valence-electron chi connectivity index (χ2n) is 4.27. The summed E-state index contributed by atoms with van der Waals surface area (Å²) in [6.45, 7) is 1.70. The van der Waals surface area contributed by atoms with Gasteiger partial charge in [0.1, 0.15) is 0 Å². The number of fused-ring (bicyclic) bond motifs is 1. The standard InChI is InChI=1S/C12H15N3O2/c1-14(2)5-6-15-8-10-4-3-9(12(16)17)7-11(10)13-15/h3-4,7-8H,5-6H2,1-2H3,(H,16,17). The topological polar surface area (TPSA) is 58.4 Å². The summed E-state index contributed by atoms with van der Waals surface area (Å²) < 4.78 is 1.84. The minimum Gasteiger partial charge on any atom is -0.478 e. The summed E-state index contributed by atoms with van der Waals surface area (Å²) in [6.07, 6.45) is 1.93. The van der Waals surface area contributed by atoms with Crippen LogP contribution in [-0.2, 0) is 6.54 Å². The van der Waals surface area contributed by atoms with E-state index in [-0.39, 0.29) is 5.56 Å². The normalized spacial score (nSPS) is 11.2. The molecular weight excluding hydrogens is 218 g/mol. The van der Waals surface area contributed by atoms with Crippen LogP contribution in [0.1, 0.15) is 10.4 Å². The van der Waals surface area contributed by atoms with Crippen LogP contribution in [-0.4, -0.2) is 46.4 Å². The summed E-state index contributed by atoms with van der Waals surface area (Å²) in [6, 6.07) is 4.99. The quantitative estimate of drug-likeness (QED) is 0.864. The van der Waals surface area contributed by atoms with Crippen LogP contribution in [0.4, 0.5) is 0 Å². The van der Waals surface area contributed by atoms with Gasteiger partial charge in [-0.15, -0.1) is 0 Å². The molecule has 0 amide bonds. The first kappa shape index (κ1) is 11.6. The summed E-state index contributed by atoms with van der Waals surface area (Å²) in [4.78, 5) is 12.9. The Hall–Kier alpha value is -1.88. The van der Waals surface area contributed by atoms with Crippen LogP contribution < -0.4 is 0 Å². The molecule has 1 aromatic carbocycles. The molecular formula is C12H15N3O2. The number of carboxylic acid groups (broad SMARTS) is 1. The Balaban J connectivity index is 2.27. The van der Waals surface area contributed by atoms with Gasteiger partial charge in [-0.05, 0) is 26.2 Å². The van der Waals surface area contributed by atoms with Crippen molar-refractivity contribution < 1.29 is 9.90 Å². The maximum absolute atomic E-state index is 10.8. The molecule has 0 radical (unpaired) electrons. The number of hydrogen-bond donors (Lipinski definition) is 1. The van der Waals surface area contributed by atoms with Gasteiger partial charge in [-0.1, -0.05) is 6.07 Å². The molecule has 1 heterocycles. The Bertz CT molecular complexity index is 546. The molecule has 0 fully saturated rings. The van der Waals surface area contributed by atoms with Gasteiger partial charge >= 0.3 is 5.97 Å². The van der Waals surface area contributed by atoms with Crippen LogP contribution in [0.25, 0.3) is 10.9 Å². The number of aromatic carboxylic acids is 1. The van der Waals surface area contributed by atoms with Crippen molar-refractivity contribution in [3.8, 4) is 0 Å². The van der Waals surface area contributed by atoms with Crippen LogP contribution in [0.2, 0.25) is 0 Å². The second-order valence-corrected chi connectivity index (χ2v) is 4.27. The van der Waals surface area contributed by atoms with Gasteiger partial charge in [-0.25, -0.2) is 4.79 Å². The van der Waals surface area contributed by atoms with Crippen LogP contribution in [0, 0.1) is 0 Å². The Morgan fingerprint density at radius 2 is 2.24 bits per heavy atom. The van der Waals surface area contributed by atoms with E-state index in [1.165, 1.54) is 0 Å². The van der Waals surface area contributed by atoms with E-state index in [0.29, 0.717) is 0 Å². The zero-order chi connectivity index (χ0) is 12.4. The summed E-state index contributed by atoms with van der Waals surface area (Å²) >= 11 is 0. The molecule has 0 unspecified atom stereocenters. The molecule has 2 aromatic rings. The molecule has 1 aromatic heterocycles. The molecule has 5 nitrogen and oxygen atoms in total. The molecule has 0 aliphatic rings. The first-order valence-electron chi connectivity index (χ1n) is 5.41. The lowest BCUT2D eigenvalue weighted by atomic mass is 10.2. The van der Waals surface area contributed by atoms with Crippen molar-refractivity contribution in [3.05, 3.63) is 30.0 Å². The number of nitrogens with zero attached hydrogens (tertiary/aromatic N) is 3. The minimum absolute atomic E-state index is 0.273. The van der Waals surface area contributed by atoms with Crippen molar-refractivity contribution in [2.75, 3.05) is 20.6 Å². The zero-order valence-electron chi connectivity index (χ0n) is 9.92. The highest BCUT2D eigenvalue weighted by molar-refractivity contribution is 5.92. The van der Waals surface area contributed by atoms with Crippen LogP contribution in [0.15, 0.2) is 24.4 Å². The van der Waals surface area contributed by atoms with Crippen molar-refractivity contribution in [1.29, 1.82) is 0 Å². The average molecular weight is 233 g/mol. The highest BCUT2D eigenvalue weighted by Crippen LogP contribution is 2.14. The molecule has 0 saturated carbocycles. The van der Waals surface area contributed by atoms with Gasteiger partial charge < -0.3 is 10.0 Å². The molecule has 0 aliphatic heterocycles. The fourth-order valence-corrected chi connectivity index (χ4v) is 1.62. The highest BCUT2D eigenvalue weighted by Gasteiger charge is 2.06. The van der Waals surface area contributed by atoms with Gasteiger partial charge in [0, 0.05) is 18.1 Å². The van der Waals surface area contributed by atoms with E-state index >= 15 is 0 Å². The van der Waals surface area contributed by atoms with Crippen molar-refractivity contribution in [1.82, 2.24) is 14.7 Å². The number of carboxylic acids is 1. The van der Waals surface area contributed by atoms with Gasteiger partial charge in [0.2, 0.25) is 0 Å². The Morgan fingerprint density at radius 1 is 1.47 bits per heavy atom. The van der Waals surface area contributed by atoms with Crippen molar-refractivity contribution in [2.24, 2.45) is 0 Å². The Morgan fingerprint density at radius 3 is 2.88 bits per heavy atom. The number of carbonyl (C=O) groups is 1. The maximum atomic E-state index is 10.8. The lowest BCUT2D eigenvalue weighted by Gasteiger charge is -2.08. The largest absolute Gasteiger partial charge is 0.478 e. The molecule has 0 aliphatic carbocycles. The van der Waals surface area contributed by atoms with Gasteiger partial charge in [-0.3, -0.25) is 4.68 Å². The molecule has 5 heteroatoms. The second kappa shape index (κ2) is 4.55. The third-order valence-corrected chi connectivity index (χ3v) is 2.58. The predicted octanol–water partition coefficient (Wildman–Crippen LogP) is 1.30. The van der Waals surface area contributed by atoms with Crippen LogP contribution in [0.5, 0.6) is 0 Å². The summed E-state index contributed by atoms with van der Waals surface area (Å²) in [5, 5.41) is 14.2. The van der Waals surface area contributed by atoms with E-state index in [1.54, 1.807) is 18.2 Å². The van der Waals surface area contributed by atoms with Crippen LogP contribution in [0.3, 0.4) is 0 Å². The highest BCUT2D eigenvalue weighted by atomic mass is 16.4. The van der Waals surface area contributed by atoms with Crippen molar-refractivity contribution >= 4 is 16.9 Å². The minimum atomic E-state index is -0.922. The van der Waals surface area contributed by atoms with E-state index in [9.17, 15) is 4.79 Å². The lowest BCUT2D eigenvalue weighted by Crippen LogP contribution is -2.18. The smallest absolute Gasteiger partial charge is 0.335 e. The van der Waals surface area contributed by atoms with Gasteiger partial charge in [0.15, 0.2) is 0 Å². The SMILES string of the molecule is CN(C)CCn1cc2ccc(C(=O)O)cc2n1. The van der Waals surface area contributed by atoms with Gasteiger partial charge in [0.25, 0.3) is 0 Å². The number of likely N-dealkylation sites (N-methyl/N-ethyl adjacent to an activating group) is 1. The molecule has 17 heavy (non-hydrogen) atoms. The molecule has 0 spiro atoms. The fourth-order valence-electron chi connectivity index (χ4n) is 1.62. The molecule has 90 valence electrons. The monoisotopic (exact) mass is 233 g/mol. The van der Waals surface area contributed by atoms with Gasteiger partial charge in [-0.2, -0.15) is 5.10 Å². The van der Waals surface area contributed by atoms with Crippen molar-refractivity contribution in [3.63, 3.8) is 0 Å². The van der Waals surface area contributed by atoms with E-state index < -0.39 is 5.97 Å². The number of aromatic nitrogens is 2. The average Bonchev–Trinajstić information content (AvgIpc) is 2.67. The fraction of sp³-hybridized carbons (Fsp3) is 0.333. The van der Waals surface area contributed by atoms with E-state index in [0.717, 1.165) is 24.0 Å². The predicted molar refractivity (Wildman–Crippen MR) is 65.2 cm³/mol. The molecule has 2 rings (SSSR count). The number of benzene rings is 1. The first-order valence-corrected chi connectivity index (χ1v) is 5.41. The van der Waals surface area contributed by atoms with Crippen LogP contribution >= 0.6 is 0 Å². The maximum Gasteiger partial charge on any atom is 0.335 e. The lowest BCUT2D eigenvalue weighted by molar-refractivity contribution is 0.0697. The molecule has 0 atom stereocenters. The first-order chi connectivity index (χ1) is 8.06. The zero-order valence-corrected chi connectivity index (χ0v) is 9.92. The van der Waals surface area contributed by atoms with Gasteiger partial charge in [0.05, 0.1) is 17.6 Å². The van der Waals surface area contributed by atoms with E-state index in [2.05, 4.69) is 10.00 Å². The van der Waals surface area contributed by atoms with E-state index in [1.807, 2.05) is 25.0 Å². The van der Waals surface area contributed by atoms with E-state index in [4.69, 9.17) is 5.11 Å². The summed E-state index contributed by atoms with van der Waals surface area (Å²) in [5.74, 6) is -0.922. The summed E-state index contributed by atoms with van der Waals surface area (Å²) in [7, 11) is 4.01.